The van der Waals surface area contributed by atoms with Gasteiger partial charge in [0.15, 0.2) is 0 Å². The van der Waals surface area contributed by atoms with E-state index in [1.165, 1.54) is 26.7 Å². The second-order valence-corrected chi connectivity index (χ2v) is 13.2. The molecular formula is C39H70ClN7OS4. The molecule has 0 aliphatic carbocycles. The van der Waals surface area contributed by atoms with Gasteiger partial charge in [0.1, 0.15) is 0 Å². The molecule has 0 saturated carbocycles. The fourth-order valence-corrected chi connectivity index (χ4v) is 7.60. The predicted octanol–water partition coefficient (Wildman–Crippen LogP) is 12.3. The lowest BCUT2D eigenvalue weighted by atomic mass is 9.99. The Bertz CT molecular complexity index is 1700. The minimum Gasteiger partial charge on any atom is -0.317 e. The Morgan fingerprint density at radius 1 is 0.788 bits per heavy atom. The van der Waals surface area contributed by atoms with Crippen LogP contribution in [-0.2, 0) is 40.0 Å². The van der Waals surface area contributed by atoms with Gasteiger partial charge >= 0.3 is 6.03 Å². The van der Waals surface area contributed by atoms with Crippen molar-refractivity contribution in [2.24, 2.45) is 14.1 Å². The van der Waals surface area contributed by atoms with Gasteiger partial charge in [0.05, 0.1) is 39.1 Å². The molecule has 0 bridgehead atoms. The zero-order valence-corrected chi connectivity index (χ0v) is 29.5. The third-order valence-electron chi connectivity index (χ3n) is 7.78. The molecule has 0 unspecified atom stereocenters. The Morgan fingerprint density at radius 2 is 1.31 bits per heavy atom. The molecule has 8 nitrogen and oxygen atoms in total. The van der Waals surface area contributed by atoms with Gasteiger partial charge in [0.25, 0.3) is 0 Å². The van der Waals surface area contributed by atoms with E-state index in [4.69, 9.17) is 16.7 Å². The van der Waals surface area contributed by atoms with Crippen molar-refractivity contribution in [1.29, 1.82) is 0 Å². The molecule has 2 amide bonds. The molecular weight excluding hydrogens is 746 g/mol. The second-order valence-electron chi connectivity index (χ2n) is 10.9. The van der Waals surface area contributed by atoms with Gasteiger partial charge in [0, 0.05) is 67.4 Å². The van der Waals surface area contributed by atoms with Gasteiger partial charge in [-0.2, -0.15) is 37.2 Å². The van der Waals surface area contributed by atoms with E-state index in [-0.39, 0.29) is 98.5 Å². The normalized spacial score (nSPS) is 14.3. The van der Waals surface area contributed by atoms with Crippen molar-refractivity contribution in [2.45, 2.75) is 111 Å². The maximum atomic E-state index is 12.9. The SMILES string of the molecule is C.C.C.C.C.C.C.C.C[C@H]1Cc2nn(C)c(-c3cccs3)c2CN1.C[C@H]1Cc2nn(C)c(-c3cccs3)c2CN1C(=O)Nc1cccc(Cl)c1.S.S. The summed E-state index contributed by atoms with van der Waals surface area (Å²) < 4.78 is 3.96. The molecule has 0 saturated heterocycles. The number of anilines is 1. The zero-order chi connectivity index (χ0) is 29.4. The standard InChI is InChI=1S/C19H19ClN4OS.C12H15N3S.8CH4.2H2S/c1-12-9-16-15(18(23(2)22-16)17-7-4-8-26-17)11-24(12)19(25)21-14-6-3-5-13(20)10-14;1-8-6-10-9(7-13-8)12(15(2)14-10)11-4-3-5-16-11;;;;;;;;;;/h3-8,10,12H,9,11H2,1-2H3,(H,21,25);3-5,8,13H,6-7H2,1-2H3;8*1H4;2*1H2/t12-;8-;;;;;;;;;;/m00........../s1. The first kappa shape index (κ1) is 58.6. The molecule has 7 rings (SSSR count). The second kappa shape index (κ2) is 25.3. The van der Waals surface area contributed by atoms with Crippen molar-refractivity contribution in [2.75, 3.05) is 5.32 Å². The number of hydrogen-bond acceptors (Lipinski definition) is 6. The van der Waals surface area contributed by atoms with Gasteiger partial charge in [-0.15, -0.1) is 22.7 Å². The van der Waals surface area contributed by atoms with Crippen LogP contribution in [0, 0.1) is 0 Å². The lowest BCUT2D eigenvalue weighted by Crippen LogP contribution is -2.44. The number of nitrogens with zero attached hydrogens (tertiary/aromatic N) is 5. The van der Waals surface area contributed by atoms with Gasteiger partial charge < -0.3 is 15.5 Å². The monoisotopic (exact) mass is 815 g/mol. The zero-order valence-electron chi connectivity index (χ0n) is 25.1. The maximum absolute atomic E-state index is 12.9. The van der Waals surface area contributed by atoms with Crippen LogP contribution in [0.5, 0.6) is 0 Å². The number of hydrogen-bond donors (Lipinski definition) is 2. The summed E-state index contributed by atoms with van der Waals surface area (Å²) in [7, 11) is 4.01. The van der Waals surface area contributed by atoms with Gasteiger partial charge in [-0.05, 0) is 54.9 Å². The number of nitrogens with one attached hydrogen (secondary N) is 2. The number of amides is 2. The molecule has 52 heavy (non-hydrogen) atoms. The number of carbonyl (C=O) groups is 1. The highest BCUT2D eigenvalue weighted by atomic mass is 35.5. The molecule has 0 radical (unpaired) electrons. The summed E-state index contributed by atoms with van der Waals surface area (Å²) in [6.07, 6.45) is 1.78. The Labute approximate surface area is 344 Å². The van der Waals surface area contributed by atoms with Gasteiger partial charge in [-0.25, -0.2) is 4.79 Å². The van der Waals surface area contributed by atoms with Crippen molar-refractivity contribution in [1.82, 2.24) is 29.8 Å². The molecule has 0 fully saturated rings. The summed E-state index contributed by atoms with van der Waals surface area (Å²) in [6, 6.07) is 16.1. The third-order valence-corrected chi connectivity index (χ3v) is 9.77. The predicted molar refractivity (Wildman–Crippen MR) is 247 cm³/mol. The number of carbonyl (C=O) groups excluding carboxylic acids is 1. The number of thiophene rings is 2. The van der Waals surface area contributed by atoms with Crippen molar-refractivity contribution in [3.8, 4) is 21.1 Å². The van der Waals surface area contributed by atoms with Crippen molar-refractivity contribution in [3.63, 3.8) is 0 Å². The highest BCUT2D eigenvalue weighted by Crippen LogP contribution is 2.35. The molecule has 2 aliphatic rings. The summed E-state index contributed by atoms with van der Waals surface area (Å²) in [5, 5.41) is 20.6. The summed E-state index contributed by atoms with van der Waals surface area (Å²) in [5.41, 5.74) is 7.93. The minimum absolute atomic E-state index is 0. The first-order chi connectivity index (χ1) is 20.3. The minimum atomic E-state index is -0.119. The molecule has 2 aliphatic heterocycles. The highest BCUT2D eigenvalue weighted by Gasteiger charge is 2.32. The third kappa shape index (κ3) is 12.4. The number of halogens is 1. The number of rotatable bonds is 3. The van der Waals surface area contributed by atoms with Gasteiger partial charge in [0.2, 0.25) is 0 Å². The van der Waals surface area contributed by atoms with E-state index >= 15 is 0 Å². The number of fused-ring (bicyclic) bond motifs is 2. The van der Waals surface area contributed by atoms with Crippen LogP contribution in [0.2, 0.25) is 5.02 Å². The highest BCUT2D eigenvalue weighted by molar-refractivity contribution is 7.59. The first-order valence-electron chi connectivity index (χ1n) is 14.0. The number of aryl methyl sites for hydroxylation is 2. The quantitative estimate of drug-likeness (QED) is 0.190. The summed E-state index contributed by atoms with van der Waals surface area (Å²) >= 11 is 9.48. The van der Waals surface area contributed by atoms with E-state index in [1.54, 1.807) is 34.8 Å². The van der Waals surface area contributed by atoms with Crippen LogP contribution in [0.4, 0.5) is 10.5 Å². The molecule has 0 spiro atoms. The van der Waals surface area contributed by atoms with E-state index in [9.17, 15) is 4.79 Å². The molecule has 4 aromatic heterocycles. The van der Waals surface area contributed by atoms with E-state index in [0.717, 1.165) is 36.3 Å². The Hall–Kier alpha value is -2.74. The van der Waals surface area contributed by atoms with Crippen LogP contribution in [0.1, 0.15) is 95.8 Å². The number of urea groups is 1. The van der Waals surface area contributed by atoms with Gasteiger partial charge in [-0.1, -0.05) is 89.2 Å². The van der Waals surface area contributed by atoms with E-state index < -0.39 is 0 Å². The van der Waals surface area contributed by atoms with Crippen molar-refractivity contribution < 1.29 is 4.79 Å². The van der Waals surface area contributed by atoms with Crippen molar-refractivity contribution in [3.05, 3.63) is 86.8 Å². The molecule has 2 atom stereocenters. The molecule has 1 aromatic carbocycles. The molecule has 2 N–H and O–H groups in total. The Kier molecular flexibility index (Phi) is 28.5. The molecule has 298 valence electrons. The fourth-order valence-electron chi connectivity index (χ4n) is 5.76. The first-order valence-corrected chi connectivity index (χ1v) is 16.2. The van der Waals surface area contributed by atoms with Crippen LogP contribution in [-0.4, -0.2) is 42.6 Å². The summed E-state index contributed by atoms with van der Waals surface area (Å²) in [4.78, 5) is 17.2. The molecule has 13 heteroatoms. The Morgan fingerprint density at radius 3 is 1.81 bits per heavy atom. The molecule has 6 heterocycles. The van der Waals surface area contributed by atoms with Crippen LogP contribution in [0.15, 0.2) is 59.3 Å². The fraction of sp³-hybridized carbons (Fsp3) is 0.462. The van der Waals surface area contributed by atoms with Crippen LogP contribution >= 0.6 is 61.3 Å². The van der Waals surface area contributed by atoms with E-state index in [1.807, 2.05) is 46.6 Å². The molecule has 5 aromatic rings. The number of aromatic nitrogens is 4. The Balaban J connectivity index is -0.000000253. The number of benzene rings is 1. The smallest absolute Gasteiger partial charge is 0.317 e. The lowest BCUT2D eigenvalue weighted by molar-refractivity contribution is 0.182. The topological polar surface area (TPSA) is 80.0 Å². The van der Waals surface area contributed by atoms with Crippen LogP contribution in [0.25, 0.3) is 21.1 Å². The maximum Gasteiger partial charge on any atom is 0.322 e. The summed E-state index contributed by atoms with van der Waals surface area (Å²) in [6.45, 7) is 5.75. The average Bonchev–Trinajstić information content (AvgIpc) is 3.74. The van der Waals surface area contributed by atoms with Crippen LogP contribution in [0.3, 0.4) is 0 Å². The largest absolute Gasteiger partial charge is 0.322 e. The van der Waals surface area contributed by atoms with E-state index in [0.29, 0.717) is 23.3 Å². The van der Waals surface area contributed by atoms with Gasteiger partial charge in [-0.3, -0.25) is 9.36 Å². The summed E-state index contributed by atoms with van der Waals surface area (Å²) in [5.74, 6) is 0. The van der Waals surface area contributed by atoms with E-state index in [2.05, 4.69) is 58.5 Å². The lowest BCUT2D eigenvalue weighted by Gasteiger charge is -2.33. The van der Waals surface area contributed by atoms with Crippen molar-refractivity contribution >= 4 is 73.0 Å². The average molecular weight is 817 g/mol. The van der Waals surface area contributed by atoms with Crippen LogP contribution < -0.4 is 10.6 Å².